The number of rotatable bonds is 3. The summed E-state index contributed by atoms with van der Waals surface area (Å²) in [6.45, 7) is 0.310. The molecule has 5 nitrogen and oxygen atoms in total. The average molecular weight is 218 g/mol. The maximum absolute atomic E-state index is 13.0. The Morgan fingerprint density at radius 3 is 3.00 bits per heavy atom. The number of halogens is 1. The molecule has 1 aromatic carbocycles. The van der Waals surface area contributed by atoms with Crippen LogP contribution in [-0.4, -0.2) is 10.1 Å². The van der Waals surface area contributed by atoms with Gasteiger partial charge in [0.1, 0.15) is 5.82 Å². The third kappa shape index (κ3) is 2.33. The Kier molecular flexibility index (Phi) is 2.78. The van der Waals surface area contributed by atoms with Crippen LogP contribution in [0.15, 0.2) is 29.1 Å². The minimum Gasteiger partial charge on any atom is -0.377 e. The fraction of sp³-hybridized carbons (Fsp3) is 0.100. The van der Waals surface area contributed by atoms with Crippen molar-refractivity contribution >= 4 is 5.69 Å². The Labute approximate surface area is 90.5 Å². The molecule has 0 amide bonds. The highest BCUT2D eigenvalue weighted by Crippen LogP contribution is 2.13. The van der Waals surface area contributed by atoms with Crippen LogP contribution in [0.3, 0.4) is 0 Å². The molecule has 0 saturated heterocycles. The van der Waals surface area contributed by atoms with Crippen LogP contribution in [0, 0.1) is 17.1 Å². The molecule has 2 rings (SSSR count). The SMILES string of the molecule is N#Cc1cc(F)cc(NCc2ncon2)c1. The number of nitrogens with zero attached hydrogens (tertiary/aromatic N) is 3. The molecule has 0 radical (unpaired) electrons. The van der Waals surface area contributed by atoms with E-state index in [-0.39, 0.29) is 5.56 Å². The van der Waals surface area contributed by atoms with Gasteiger partial charge in [-0.15, -0.1) is 0 Å². The zero-order valence-corrected chi connectivity index (χ0v) is 8.14. The second-order valence-corrected chi connectivity index (χ2v) is 3.04. The van der Waals surface area contributed by atoms with E-state index in [9.17, 15) is 4.39 Å². The number of aromatic nitrogens is 2. The van der Waals surface area contributed by atoms with Crippen molar-refractivity contribution in [1.82, 2.24) is 10.1 Å². The van der Waals surface area contributed by atoms with E-state index in [1.165, 1.54) is 18.5 Å². The average Bonchev–Trinajstić information content (AvgIpc) is 2.78. The summed E-state index contributed by atoms with van der Waals surface area (Å²) in [6.07, 6.45) is 1.21. The summed E-state index contributed by atoms with van der Waals surface area (Å²) in [6, 6.07) is 5.88. The lowest BCUT2D eigenvalue weighted by Crippen LogP contribution is -2.01. The number of benzene rings is 1. The first-order chi connectivity index (χ1) is 7.78. The van der Waals surface area contributed by atoms with Gasteiger partial charge in [-0.05, 0) is 18.2 Å². The van der Waals surface area contributed by atoms with Gasteiger partial charge in [-0.3, -0.25) is 0 Å². The molecule has 1 N–H and O–H groups in total. The monoisotopic (exact) mass is 218 g/mol. The topological polar surface area (TPSA) is 74.7 Å². The molecule has 80 valence electrons. The summed E-state index contributed by atoms with van der Waals surface area (Å²) in [5.41, 5.74) is 0.761. The van der Waals surface area contributed by atoms with Gasteiger partial charge in [-0.2, -0.15) is 10.2 Å². The van der Waals surface area contributed by atoms with Crippen molar-refractivity contribution in [3.8, 4) is 6.07 Å². The number of hydrogen-bond donors (Lipinski definition) is 1. The van der Waals surface area contributed by atoms with Crippen LogP contribution in [0.1, 0.15) is 11.4 Å². The third-order valence-corrected chi connectivity index (χ3v) is 1.88. The van der Waals surface area contributed by atoms with Gasteiger partial charge in [0, 0.05) is 5.69 Å². The van der Waals surface area contributed by atoms with Crippen molar-refractivity contribution in [1.29, 1.82) is 5.26 Å². The molecule has 0 fully saturated rings. The van der Waals surface area contributed by atoms with E-state index in [2.05, 4.69) is 20.0 Å². The maximum Gasteiger partial charge on any atom is 0.213 e. The van der Waals surface area contributed by atoms with Crippen LogP contribution in [-0.2, 0) is 6.54 Å². The molecule has 0 saturated carbocycles. The van der Waals surface area contributed by atoms with Crippen molar-refractivity contribution in [2.75, 3.05) is 5.32 Å². The highest BCUT2D eigenvalue weighted by molar-refractivity contribution is 5.49. The lowest BCUT2D eigenvalue weighted by molar-refractivity contribution is 0.411. The molecule has 2 aromatic rings. The van der Waals surface area contributed by atoms with Gasteiger partial charge in [-0.1, -0.05) is 5.16 Å². The molecule has 0 spiro atoms. The van der Waals surface area contributed by atoms with Crippen LogP contribution in [0.25, 0.3) is 0 Å². The Balaban J connectivity index is 2.10. The molecule has 0 aliphatic rings. The van der Waals surface area contributed by atoms with E-state index >= 15 is 0 Å². The summed E-state index contributed by atoms with van der Waals surface area (Å²) >= 11 is 0. The van der Waals surface area contributed by atoms with Gasteiger partial charge in [0.25, 0.3) is 0 Å². The smallest absolute Gasteiger partial charge is 0.213 e. The molecule has 0 bridgehead atoms. The Bertz CT molecular complexity index is 518. The number of nitrogens with one attached hydrogen (secondary N) is 1. The zero-order chi connectivity index (χ0) is 11.4. The molecule has 16 heavy (non-hydrogen) atoms. The lowest BCUT2D eigenvalue weighted by atomic mass is 10.2. The molecular formula is C10H7FN4O. The largest absolute Gasteiger partial charge is 0.377 e. The first kappa shape index (κ1) is 10.1. The first-order valence-corrected chi connectivity index (χ1v) is 4.48. The predicted molar refractivity (Wildman–Crippen MR) is 52.7 cm³/mol. The zero-order valence-electron chi connectivity index (χ0n) is 8.14. The highest BCUT2D eigenvalue weighted by atomic mass is 19.1. The molecular weight excluding hydrogens is 211 g/mol. The van der Waals surface area contributed by atoms with Gasteiger partial charge in [-0.25, -0.2) is 4.39 Å². The molecule has 0 unspecified atom stereocenters. The lowest BCUT2D eigenvalue weighted by Gasteiger charge is -2.03. The normalized spacial score (nSPS) is 9.75. The maximum atomic E-state index is 13.0. The van der Waals surface area contributed by atoms with E-state index in [0.717, 1.165) is 0 Å². The van der Waals surface area contributed by atoms with Crippen LogP contribution in [0.4, 0.5) is 10.1 Å². The van der Waals surface area contributed by atoms with E-state index in [4.69, 9.17) is 5.26 Å². The van der Waals surface area contributed by atoms with Crippen molar-refractivity contribution in [2.45, 2.75) is 6.54 Å². The second-order valence-electron chi connectivity index (χ2n) is 3.04. The van der Waals surface area contributed by atoms with Crippen molar-refractivity contribution in [3.05, 3.63) is 41.8 Å². The fourth-order valence-corrected chi connectivity index (χ4v) is 1.21. The Hall–Kier alpha value is -2.42. The summed E-state index contributed by atoms with van der Waals surface area (Å²) in [5, 5.41) is 15.1. The standard InChI is InChI=1S/C10H7FN4O/c11-8-1-7(4-12)2-9(3-8)13-5-10-14-6-16-15-10/h1-3,6,13H,5H2. The summed E-state index contributed by atoms with van der Waals surface area (Å²) < 4.78 is 17.6. The second kappa shape index (κ2) is 4.40. The minimum absolute atomic E-state index is 0.260. The Morgan fingerprint density at radius 2 is 2.31 bits per heavy atom. The van der Waals surface area contributed by atoms with Gasteiger partial charge in [0.2, 0.25) is 6.39 Å². The summed E-state index contributed by atoms with van der Waals surface area (Å²) in [4.78, 5) is 3.80. The van der Waals surface area contributed by atoms with E-state index < -0.39 is 5.82 Å². The molecule has 1 aromatic heterocycles. The number of anilines is 1. The van der Waals surface area contributed by atoms with Crippen LogP contribution in [0.2, 0.25) is 0 Å². The summed E-state index contributed by atoms with van der Waals surface area (Å²) in [7, 11) is 0. The highest BCUT2D eigenvalue weighted by Gasteiger charge is 2.02. The molecule has 1 heterocycles. The quantitative estimate of drug-likeness (QED) is 0.848. The molecule has 0 aliphatic heterocycles. The van der Waals surface area contributed by atoms with Crippen molar-refractivity contribution in [2.24, 2.45) is 0 Å². The number of hydrogen-bond acceptors (Lipinski definition) is 5. The van der Waals surface area contributed by atoms with E-state index in [1.807, 2.05) is 6.07 Å². The minimum atomic E-state index is -0.463. The third-order valence-electron chi connectivity index (χ3n) is 1.88. The van der Waals surface area contributed by atoms with Crippen molar-refractivity contribution < 1.29 is 8.91 Å². The molecule has 0 aliphatic carbocycles. The summed E-state index contributed by atoms with van der Waals surface area (Å²) in [5.74, 6) is -0.00238. The molecule has 6 heteroatoms. The van der Waals surface area contributed by atoms with Gasteiger partial charge in [0.15, 0.2) is 5.82 Å². The van der Waals surface area contributed by atoms with Gasteiger partial charge in [0.05, 0.1) is 18.2 Å². The van der Waals surface area contributed by atoms with E-state index in [1.54, 1.807) is 6.07 Å². The Morgan fingerprint density at radius 1 is 1.44 bits per heavy atom. The van der Waals surface area contributed by atoms with Crippen LogP contribution < -0.4 is 5.32 Å². The van der Waals surface area contributed by atoms with Gasteiger partial charge < -0.3 is 9.84 Å². The van der Waals surface area contributed by atoms with Crippen LogP contribution >= 0.6 is 0 Å². The van der Waals surface area contributed by atoms with E-state index in [0.29, 0.717) is 18.1 Å². The van der Waals surface area contributed by atoms with Crippen LogP contribution in [0.5, 0.6) is 0 Å². The number of nitriles is 1. The fourth-order valence-electron chi connectivity index (χ4n) is 1.21. The van der Waals surface area contributed by atoms with Gasteiger partial charge >= 0.3 is 0 Å². The first-order valence-electron chi connectivity index (χ1n) is 4.48. The predicted octanol–water partition coefficient (Wildman–Crippen LogP) is 1.69. The van der Waals surface area contributed by atoms with Crippen molar-refractivity contribution in [3.63, 3.8) is 0 Å². The molecule has 0 atom stereocenters.